The number of hydrogen-bond acceptors (Lipinski definition) is 4. The van der Waals surface area contributed by atoms with Gasteiger partial charge in [-0.3, -0.25) is 14.5 Å². The van der Waals surface area contributed by atoms with Crippen molar-refractivity contribution in [2.24, 2.45) is 0 Å². The van der Waals surface area contributed by atoms with E-state index in [9.17, 15) is 14.4 Å². The van der Waals surface area contributed by atoms with Crippen LogP contribution in [-0.2, 0) is 17.6 Å². The number of benzene rings is 4. The standard InChI is InChI=1S/C37H34N4O4/c1-23(16-17-24-10-4-3-5-11-24)38-35(42)28-13-7-9-15-31(28)41-36(43)32-22-29-27-12-6-8-14-30(27)39-33(29)34(40(32)37(41)44)25-18-20-26(45-2)21-19-25/h3-15,18-21,23,32,34,39H,16-17,22H2,1-2H3,(H,38,42)/t23-,32-,34+/m0/s1. The molecule has 1 aromatic heterocycles. The highest BCUT2D eigenvalue weighted by atomic mass is 16.5. The number of carbonyl (C=O) groups is 3. The molecule has 4 aromatic carbocycles. The van der Waals surface area contributed by atoms with Crippen molar-refractivity contribution in [3.05, 3.63) is 131 Å². The van der Waals surface area contributed by atoms with Crippen molar-refractivity contribution in [2.45, 2.75) is 44.3 Å². The fourth-order valence-corrected chi connectivity index (χ4v) is 6.69. The molecule has 4 amide bonds. The lowest BCUT2D eigenvalue weighted by atomic mass is 9.89. The van der Waals surface area contributed by atoms with Gasteiger partial charge in [0.15, 0.2) is 0 Å². The molecular weight excluding hydrogens is 564 g/mol. The second-order valence-corrected chi connectivity index (χ2v) is 11.7. The topological polar surface area (TPSA) is 94.7 Å². The van der Waals surface area contributed by atoms with Crippen molar-refractivity contribution in [3.8, 4) is 5.75 Å². The smallest absolute Gasteiger partial charge is 0.332 e. The zero-order chi connectivity index (χ0) is 31.1. The molecular formula is C37H34N4O4. The van der Waals surface area contributed by atoms with Crippen LogP contribution >= 0.6 is 0 Å². The molecule has 5 aromatic rings. The molecule has 0 saturated carbocycles. The maximum atomic E-state index is 14.4. The molecule has 1 saturated heterocycles. The van der Waals surface area contributed by atoms with Crippen LogP contribution in [-0.4, -0.2) is 46.9 Å². The molecule has 2 aliphatic rings. The van der Waals surface area contributed by atoms with Crippen LogP contribution in [0.1, 0.15) is 52.1 Å². The van der Waals surface area contributed by atoms with Crippen molar-refractivity contribution in [2.75, 3.05) is 12.0 Å². The maximum Gasteiger partial charge on any atom is 0.332 e. The van der Waals surface area contributed by atoms with Gasteiger partial charge in [-0.25, -0.2) is 9.69 Å². The zero-order valence-corrected chi connectivity index (χ0v) is 25.2. The molecule has 8 nitrogen and oxygen atoms in total. The van der Waals surface area contributed by atoms with Gasteiger partial charge in [0.05, 0.1) is 18.4 Å². The molecule has 2 N–H and O–H groups in total. The number of H-pyrrole nitrogens is 1. The zero-order valence-electron chi connectivity index (χ0n) is 25.2. The van der Waals surface area contributed by atoms with Gasteiger partial charge in [-0.2, -0.15) is 0 Å². The van der Waals surface area contributed by atoms with E-state index in [1.165, 1.54) is 10.5 Å². The molecule has 8 heteroatoms. The molecule has 2 aliphatic heterocycles. The van der Waals surface area contributed by atoms with Crippen LogP contribution in [0.5, 0.6) is 5.75 Å². The Kier molecular flexibility index (Phi) is 7.33. The van der Waals surface area contributed by atoms with E-state index in [-0.39, 0.29) is 29.1 Å². The number of hydrogen-bond donors (Lipinski definition) is 2. The number of imide groups is 1. The summed E-state index contributed by atoms with van der Waals surface area (Å²) in [7, 11) is 1.61. The molecule has 0 aliphatic carbocycles. The predicted molar refractivity (Wildman–Crippen MR) is 173 cm³/mol. The third-order valence-corrected chi connectivity index (χ3v) is 8.96. The third-order valence-electron chi connectivity index (χ3n) is 8.96. The number of aryl methyl sites for hydroxylation is 1. The Hall–Kier alpha value is -5.37. The Morgan fingerprint density at radius 3 is 2.42 bits per heavy atom. The molecule has 0 radical (unpaired) electrons. The van der Waals surface area contributed by atoms with E-state index in [2.05, 4.69) is 22.4 Å². The Morgan fingerprint density at radius 2 is 1.64 bits per heavy atom. The fourth-order valence-electron chi connectivity index (χ4n) is 6.69. The summed E-state index contributed by atoms with van der Waals surface area (Å²) in [6, 6.07) is 30.8. The van der Waals surface area contributed by atoms with Gasteiger partial charge in [0.1, 0.15) is 17.8 Å². The van der Waals surface area contributed by atoms with Crippen molar-refractivity contribution in [3.63, 3.8) is 0 Å². The average molecular weight is 599 g/mol. The number of fused-ring (bicyclic) bond motifs is 4. The van der Waals surface area contributed by atoms with E-state index in [1.807, 2.05) is 73.7 Å². The minimum absolute atomic E-state index is 0.111. The van der Waals surface area contributed by atoms with Crippen LogP contribution in [0.2, 0.25) is 0 Å². The number of urea groups is 1. The summed E-state index contributed by atoms with van der Waals surface area (Å²) in [5, 5.41) is 4.12. The number of aromatic amines is 1. The van der Waals surface area contributed by atoms with Crippen molar-refractivity contribution in [1.82, 2.24) is 15.2 Å². The largest absolute Gasteiger partial charge is 0.497 e. The number of aromatic nitrogens is 1. The van der Waals surface area contributed by atoms with E-state index in [4.69, 9.17) is 4.74 Å². The Balaban J connectivity index is 1.22. The lowest BCUT2D eigenvalue weighted by Gasteiger charge is -2.36. The first-order valence-corrected chi connectivity index (χ1v) is 15.3. The van der Waals surface area contributed by atoms with Gasteiger partial charge in [0.25, 0.3) is 11.8 Å². The number of para-hydroxylation sites is 2. The summed E-state index contributed by atoms with van der Waals surface area (Å²) < 4.78 is 5.39. The SMILES string of the molecule is COc1ccc([C@@H]2c3[nH]c4ccccc4c3C[C@H]3C(=O)N(c4ccccc4C(=O)N[C@@H](C)CCc4ccccc4)C(=O)N23)cc1. The lowest BCUT2D eigenvalue weighted by molar-refractivity contribution is -0.120. The Morgan fingerprint density at radius 1 is 0.933 bits per heavy atom. The first-order valence-electron chi connectivity index (χ1n) is 15.3. The van der Waals surface area contributed by atoms with Gasteiger partial charge in [-0.1, -0.05) is 72.8 Å². The number of nitrogens with zero attached hydrogens (tertiary/aromatic N) is 2. The van der Waals surface area contributed by atoms with Crippen molar-refractivity contribution < 1.29 is 19.1 Å². The molecule has 1 fully saturated rings. The summed E-state index contributed by atoms with van der Waals surface area (Å²) in [5.74, 6) is 0.0396. The fraction of sp³-hybridized carbons (Fsp3) is 0.216. The molecule has 0 spiro atoms. The minimum atomic E-state index is -0.725. The van der Waals surface area contributed by atoms with Crippen molar-refractivity contribution >= 4 is 34.4 Å². The summed E-state index contributed by atoms with van der Waals surface area (Å²) in [4.78, 5) is 48.7. The molecule has 7 rings (SSSR count). The Bertz CT molecular complexity index is 1900. The number of amides is 4. The van der Waals surface area contributed by atoms with Crippen molar-refractivity contribution in [1.29, 1.82) is 0 Å². The van der Waals surface area contributed by atoms with Gasteiger partial charge in [0.2, 0.25) is 0 Å². The summed E-state index contributed by atoms with van der Waals surface area (Å²) in [6.45, 7) is 1.97. The highest BCUT2D eigenvalue weighted by molar-refractivity contribution is 6.24. The van der Waals surface area contributed by atoms with E-state index < -0.39 is 18.1 Å². The van der Waals surface area contributed by atoms with E-state index in [0.29, 0.717) is 12.2 Å². The number of carbonyl (C=O) groups excluding carboxylic acids is 3. The predicted octanol–water partition coefficient (Wildman–Crippen LogP) is 6.41. The maximum absolute atomic E-state index is 14.4. The Labute approximate surface area is 261 Å². The van der Waals surface area contributed by atoms with Crippen LogP contribution < -0.4 is 15.0 Å². The number of rotatable bonds is 8. The van der Waals surface area contributed by atoms with Gasteiger partial charge in [-0.15, -0.1) is 0 Å². The number of methoxy groups -OCH3 is 1. The lowest BCUT2D eigenvalue weighted by Crippen LogP contribution is -2.44. The van der Waals surface area contributed by atoms with E-state index in [1.54, 1.807) is 36.3 Å². The van der Waals surface area contributed by atoms with Gasteiger partial charge < -0.3 is 15.0 Å². The number of anilines is 1. The first-order chi connectivity index (χ1) is 21.9. The van der Waals surface area contributed by atoms with Gasteiger partial charge >= 0.3 is 6.03 Å². The minimum Gasteiger partial charge on any atom is -0.497 e. The monoisotopic (exact) mass is 598 g/mol. The molecule has 0 bridgehead atoms. The summed E-state index contributed by atoms with van der Waals surface area (Å²) >= 11 is 0. The molecule has 3 atom stereocenters. The molecule has 45 heavy (non-hydrogen) atoms. The molecule has 0 unspecified atom stereocenters. The van der Waals surface area contributed by atoms with Gasteiger partial charge in [0, 0.05) is 29.1 Å². The van der Waals surface area contributed by atoms with E-state index >= 15 is 0 Å². The highest BCUT2D eigenvalue weighted by Gasteiger charge is 2.53. The third kappa shape index (κ3) is 5.02. The van der Waals surface area contributed by atoms with Gasteiger partial charge in [-0.05, 0) is 66.8 Å². The van der Waals surface area contributed by atoms with Crippen LogP contribution in [0.25, 0.3) is 10.9 Å². The highest BCUT2D eigenvalue weighted by Crippen LogP contribution is 2.45. The van der Waals surface area contributed by atoms with Crippen LogP contribution in [0.4, 0.5) is 10.5 Å². The molecule has 3 heterocycles. The quantitative estimate of drug-likeness (QED) is 0.202. The van der Waals surface area contributed by atoms with Crippen LogP contribution in [0.3, 0.4) is 0 Å². The number of ether oxygens (including phenoxy) is 1. The average Bonchev–Trinajstić information content (AvgIpc) is 3.57. The van der Waals surface area contributed by atoms with Crippen LogP contribution in [0, 0.1) is 0 Å². The number of nitrogens with one attached hydrogen (secondary N) is 2. The normalized spacial score (nSPS) is 18.1. The second kappa shape index (κ2) is 11.6. The van der Waals surface area contributed by atoms with E-state index in [0.717, 1.165) is 40.6 Å². The molecule has 226 valence electrons. The van der Waals surface area contributed by atoms with Crippen LogP contribution in [0.15, 0.2) is 103 Å². The summed E-state index contributed by atoms with van der Waals surface area (Å²) in [5.41, 5.74) is 5.50. The first kappa shape index (κ1) is 28.4. The second-order valence-electron chi connectivity index (χ2n) is 11.7. The summed E-state index contributed by atoms with van der Waals surface area (Å²) in [6.07, 6.45) is 1.95.